The summed E-state index contributed by atoms with van der Waals surface area (Å²) in [6, 6.07) is 2.11. The van der Waals surface area contributed by atoms with E-state index in [1.54, 1.807) is 7.11 Å². The normalized spacial score (nSPS) is 11.4. The van der Waals surface area contributed by atoms with Crippen molar-refractivity contribution in [3.05, 3.63) is 18.5 Å². The van der Waals surface area contributed by atoms with Gasteiger partial charge in [-0.15, -0.1) is 0 Å². The number of hydrogen-bond acceptors (Lipinski definition) is 4. The number of nitrogens with zero attached hydrogens (tertiary/aromatic N) is 1. The highest BCUT2D eigenvalue weighted by atomic mass is 16.5. The van der Waals surface area contributed by atoms with Gasteiger partial charge in [0.05, 0.1) is 23.8 Å². The predicted molar refractivity (Wildman–Crippen MR) is 81.8 cm³/mol. The van der Waals surface area contributed by atoms with Crippen LogP contribution in [0.2, 0.25) is 0 Å². The molecule has 0 atom stereocenters. The molecule has 19 heavy (non-hydrogen) atoms. The molecule has 4 heteroatoms. The highest BCUT2D eigenvalue weighted by molar-refractivity contribution is 5.53. The van der Waals surface area contributed by atoms with Crippen LogP contribution in [-0.2, 0) is 4.74 Å². The van der Waals surface area contributed by atoms with Gasteiger partial charge in [0.1, 0.15) is 0 Å². The van der Waals surface area contributed by atoms with Gasteiger partial charge in [0.2, 0.25) is 0 Å². The molecule has 1 aromatic heterocycles. The van der Waals surface area contributed by atoms with Crippen molar-refractivity contribution in [2.45, 2.75) is 33.6 Å². The Bertz CT molecular complexity index is 366. The molecule has 0 unspecified atom stereocenters. The standard InChI is InChI=1S/C15H27N3O/c1-5-7-17-13-9-14(11-16-10-13)18-12-15(2,3)6-8-19-4/h9-11,17-18H,5-8,12H2,1-4H3. The summed E-state index contributed by atoms with van der Waals surface area (Å²) >= 11 is 0. The van der Waals surface area contributed by atoms with Crippen LogP contribution in [0.3, 0.4) is 0 Å². The molecule has 108 valence electrons. The van der Waals surface area contributed by atoms with Gasteiger partial charge in [-0.05, 0) is 24.3 Å². The van der Waals surface area contributed by atoms with Gasteiger partial charge in [0, 0.05) is 26.8 Å². The number of aromatic nitrogens is 1. The van der Waals surface area contributed by atoms with E-state index in [1.165, 1.54) is 0 Å². The monoisotopic (exact) mass is 265 g/mol. The van der Waals surface area contributed by atoms with Crippen LogP contribution in [0, 0.1) is 5.41 Å². The summed E-state index contributed by atoms with van der Waals surface area (Å²) in [5, 5.41) is 6.80. The summed E-state index contributed by atoms with van der Waals surface area (Å²) in [6.45, 7) is 9.32. The first kappa shape index (κ1) is 15.8. The third-order valence-corrected chi connectivity index (χ3v) is 3.07. The number of ether oxygens (including phenoxy) is 1. The second-order valence-corrected chi connectivity index (χ2v) is 5.65. The largest absolute Gasteiger partial charge is 0.385 e. The van der Waals surface area contributed by atoms with Crippen molar-refractivity contribution in [3.63, 3.8) is 0 Å². The van der Waals surface area contributed by atoms with Crippen LogP contribution >= 0.6 is 0 Å². The van der Waals surface area contributed by atoms with Crippen LogP contribution in [-0.4, -0.2) is 31.8 Å². The van der Waals surface area contributed by atoms with Crippen LogP contribution < -0.4 is 10.6 Å². The fraction of sp³-hybridized carbons (Fsp3) is 0.667. The van der Waals surface area contributed by atoms with E-state index in [4.69, 9.17) is 4.74 Å². The molecule has 0 aromatic carbocycles. The van der Waals surface area contributed by atoms with E-state index in [0.717, 1.165) is 43.9 Å². The van der Waals surface area contributed by atoms with Gasteiger partial charge in [-0.3, -0.25) is 4.98 Å². The molecule has 4 nitrogen and oxygen atoms in total. The van der Waals surface area contributed by atoms with Crippen molar-refractivity contribution in [1.82, 2.24) is 4.98 Å². The Morgan fingerprint density at radius 3 is 2.53 bits per heavy atom. The van der Waals surface area contributed by atoms with Crippen molar-refractivity contribution in [1.29, 1.82) is 0 Å². The molecule has 0 saturated carbocycles. The number of pyridine rings is 1. The van der Waals surface area contributed by atoms with Gasteiger partial charge < -0.3 is 15.4 Å². The summed E-state index contributed by atoms with van der Waals surface area (Å²) in [4.78, 5) is 4.25. The average Bonchev–Trinajstić information content (AvgIpc) is 2.41. The molecule has 1 rings (SSSR count). The van der Waals surface area contributed by atoms with Crippen molar-refractivity contribution in [2.24, 2.45) is 5.41 Å². The molecule has 0 aliphatic carbocycles. The first-order valence-electron chi connectivity index (χ1n) is 6.99. The molecular formula is C15H27N3O. The van der Waals surface area contributed by atoms with Crippen LogP contribution in [0.15, 0.2) is 18.5 Å². The van der Waals surface area contributed by atoms with E-state index in [1.807, 2.05) is 12.4 Å². The molecule has 2 N–H and O–H groups in total. The number of anilines is 2. The first-order chi connectivity index (χ1) is 9.07. The van der Waals surface area contributed by atoms with E-state index in [2.05, 4.69) is 42.5 Å². The summed E-state index contributed by atoms with van der Waals surface area (Å²) in [7, 11) is 1.75. The van der Waals surface area contributed by atoms with Gasteiger partial charge in [-0.25, -0.2) is 0 Å². The third kappa shape index (κ3) is 6.43. The van der Waals surface area contributed by atoms with E-state index in [9.17, 15) is 0 Å². The van der Waals surface area contributed by atoms with Crippen molar-refractivity contribution in [3.8, 4) is 0 Å². The van der Waals surface area contributed by atoms with Crippen LogP contribution in [0.25, 0.3) is 0 Å². The molecule has 1 aromatic rings. The lowest BCUT2D eigenvalue weighted by atomic mass is 9.89. The second-order valence-electron chi connectivity index (χ2n) is 5.65. The molecule has 0 bridgehead atoms. The van der Waals surface area contributed by atoms with Gasteiger partial charge >= 0.3 is 0 Å². The fourth-order valence-electron chi connectivity index (χ4n) is 1.71. The van der Waals surface area contributed by atoms with E-state index in [0.29, 0.717) is 0 Å². The summed E-state index contributed by atoms with van der Waals surface area (Å²) in [5.41, 5.74) is 2.34. The van der Waals surface area contributed by atoms with Crippen molar-refractivity contribution >= 4 is 11.4 Å². The number of methoxy groups -OCH3 is 1. The lowest BCUT2D eigenvalue weighted by Crippen LogP contribution is -2.24. The zero-order valence-corrected chi connectivity index (χ0v) is 12.6. The highest BCUT2D eigenvalue weighted by Gasteiger charge is 2.17. The van der Waals surface area contributed by atoms with Crippen molar-refractivity contribution in [2.75, 3.05) is 37.4 Å². The van der Waals surface area contributed by atoms with Crippen molar-refractivity contribution < 1.29 is 4.74 Å². The molecule has 0 aliphatic heterocycles. The second kappa shape index (κ2) is 8.00. The molecule has 0 spiro atoms. The SMILES string of the molecule is CCCNc1cncc(NCC(C)(C)CCOC)c1. The maximum Gasteiger partial charge on any atom is 0.0547 e. The minimum atomic E-state index is 0.211. The van der Waals surface area contributed by atoms with Gasteiger partial charge in [-0.2, -0.15) is 0 Å². The third-order valence-electron chi connectivity index (χ3n) is 3.07. The lowest BCUT2D eigenvalue weighted by molar-refractivity contribution is 0.157. The van der Waals surface area contributed by atoms with Crippen LogP contribution in [0.1, 0.15) is 33.6 Å². The molecule has 0 fully saturated rings. The number of hydrogen-bond donors (Lipinski definition) is 2. The number of rotatable bonds is 9. The smallest absolute Gasteiger partial charge is 0.0547 e. The fourth-order valence-corrected chi connectivity index (χ4v) is 1.71. The summed E-state index contributed by atoms with van der Waals surface area (Å²) in [6.07, 6.45) is 5.87. The highest BCUT2D eigenvalue weighted by Crippen LogP contribution is 2.22. The Balaban J connectivity index is 2.48. The summed E-state index contributed by atoms with van der Waals surface area (Å²) in [5.74, 6) is 0. The zero-order chi connectivity index (χ0) is 14.1. The topological polar surface area (TPSA) is 46.2 Å². The minimum absolute atomic E-state index is 0.211. The quantitative estimate of drug-likeness (QED) is 0.718. The lowest BCUT2D eigenvalue weighted by Gasteiger charge is -2.25. The summed E-state index contributed by atoms with van der Waals surface area (Å²) < 4.78 is 5.14. The maximum atomic E-state index is 5.14. The minimum Gasteiger partial charge on any atom is -0.385 e. The Morgan fingerprint density at radius 2 is 1.89 bits per heavy atom. The molecule has 0 amide bonds. The van der Waals surface area contributed by atoms with Gasteiger partial charge in [-0.1, -0.05) is 20.8 Å². The molecule has 0 aliphatic rings. The Morgan fingerprint density at radius 1 is 1.21 bits per heavy atom. The van der Waals surface area contributed by atoms with E-state index < -0.39 is 0 Å². The predicted octanol–water partition coefficient (Wildman–Crippen LogP) is 3.38. The Kier molecular flexibility index (Phi) is 6.64. The van der Waals surface area contributed by atoms with Gasteiger partial charge in [0.15, 0.2) is 0 Å². The first-order valence-corrected chi connectivity index (χ1v) is 6.99. The average molecular weight is 265 g/mol. The molecule has 0 saturated heterocycles. The van der Waals surface area contributed by atoms with E-state index >= 15 is 0 Å². The van der Waals surface area contributed by atoms with Gasteiger partial charge in [0.25, 0.3) is 0 Å². The molecule has 1 heterocycles. The Labute approximate surface area is 117 Å². The zero-order valence-electron chi connectivity index (χ0n) is 12.6. The maximum absolute atomic E-state index is 5.14. The van der Waals surface area contributed by atoms with Crippen LogP contribution in [0.4, 0.5) is 11.4 Å². The number of nitrogens with one attached hydrogen (secondary N) is 2. The molecular weight excluding hydrogens is 238 g/mol. The molecule has 0 radical (unpaired) electrons. The Hall–Kier alpha value is -1.29. The van der Waals surface area contributed by atoms with Crippen LogP contribution in [0.5, 0.6) is 0 Å². The van der Waals surface area contributed by atoms with E-state index in [-0.39, 0.29) is 5.41 Å².